The van der Waals surface area contributed by atoms with Crippen molar-refractivity contribution in [1.29, 1.82) is 0 Å². The van der Waals surface area contributed by atoms with Gasteiger partial charge in [-0.1, -0.05) is 29.3 Å². The second-order valence-corrected chi connectivity index (χ2v) is 7.35. The van der Waals surface area contributed by atoms with Crippen molar-refractivity contribution in [3.63, 3.8) is 0 Å². The highest BCUT2D eigenvalue weighted by Gasteiger charge is 2.38. The largest absolute Gasteiger partial charge is 0.480 e. The molecule has 0 aromatic heterocycles. The highest BCUT2D eigenvalue weighted by Crippen LogP contribution is 2.27. The maximum atomic E-state index is 12.3. The lowest BCUT2D eigenvalue weighted by Crippen LogP contribution is -2.40. The first-order valence-corrected chi connectivity index (χ1v) is 8.34. The number of carboxylic acids is 1. The van der Waals surface area contributed by atoms with Crippen molar-refractivity contribution in [3.8, 4) is 0 Å². The van der Waals surface area contributed by atoms with Gasteiger partial charge < -0.3 is 5.11 Å². The summed E-state index contributed by atoms with van der Waals surface area (Å²) in [5.74, 6) is -1.39. The van der Waals surface area contributed by atoms with Gasteiger partial charge in [0.2, 0.25) is 10.0 Å². The fourth-order valence-corrected chi connectivity index (χ4v) is 4.32. The molecule has 1 aliphatic rings. The van der Waals surface area contributed by atoms with Crippen molar-refractivity contribution in [3.05, 3.63) is 33.8 Å². The number of carbonyl (C=O) groups is 1. The van der Waals surface area contributed by atoms with E-state index in [1.165, 1.54) is 12.1 Å². The Morgan fingerprint density at radius 3 is 2.65 bits per heavy atom. The summed E-state index contributed by atoms with van der Waals surface area (Å²) < 4.78 is 25.7. The van der Waals surface area contributed by atoms with Crippen LogP contribution in [0.3, 0.4) is 0 Å². The zero-order valence-electron chi connectivity index (χ0n) is 10.4. The van der Waals surface area contributed by atoms with Crippen LogP contribution in [0.5, 0.6) is 0 Å². The summed E-state index contributed by atoms with van der Waals surface area (Å²) in [5, 5.41) is 9.67. The second-order valence-electron chi connectivity index (χ2n) is 4.61. The van der Waals surface area contributed by atoms with Crippen LogP contribution in [-0.2, 0) is 20.6 Å². The minimum absolute atomic E-state index is 0.237. The number of hydrogen-bond donors (Lipinski definition) is 1. The van der Waals surface area contributed by atoms with E-state index < -0.39 is 22.0 Å². The van der Waals surface area contributed by atoms with E-state index in [2.05, 4.69) is 0 Å². The fraction of sp³-hybridized carbons (Fsp3) is 0.417. The van der Waals surface area contributed by atoms with E-state index >= 15 is 0 Å². The molecule has 1 saturated heterocycles. The van der Waals surface area contributed by atoms with E-state index in [0.29, 0.717) is 23.4 Å². The van der Waals surface area contributed by atoms with Gasteiger partial charge in [-0.3, -0.25) is 4.79 Å². The number of sulfonamides is 1. The molecule has 0 radical (unpaired) electrons. The van der Waals surface area contributed by atoms with Crippen molar-refractivity contribution in [1.82, 2.24) is 4.31 Å². The molecule has 0 saturated carbocycles. The number of rotatable bonds is 4. The number of halogens is 2. The number of nitrogens with zero attached hydrogens (tertiary/aromatic N) is 1. The number of benzene rings is 1. The normalized spacial score (nSPS) is 20.2. The minimum atomic E-state index is -3.69. The average molecular weight is 338 g/mol. The maximum absolute atomic E-state index is 12.3. The molecule has 0 unspecified atom stereocenters. The van der Waals surface area contributed by atoms with Gasteiger partial charge in [0.05, 0.1) is 15.8 Å². The molecule has 1 aromatic rings. The predicted molar refractivity (Wildman–Crippen MR) is 76.4 cm³/mol. The Hall–Kier alpha value is -0.820. The molecule has 1 atom stereocenters. The van der Waals surface area contributed by atoms with Crippen molar-refractivity contribution < 1.29 is 18.3 Å². The molecule has 20 heavy (non-hydrogen) atoms. The van der Waals surface area contributed by atoms with Crippen LogP contribution in [0.4, 0.5) is 0 Å². The van der Waals surface area contributed by atoms with Crippen molar-refractivity contribution in [2.75, 3.05) is 6.54 Å². The van der Waals surface area contributed by atoms with Gasteiger partial charge >= 0.3 is 5.97 Å². The van der Waals surface area contributed by atoms with Crippen LogP contribution in [0.25, 0.3) is 0 Å². The summed E-state index contributed by atoms with van der Waals surface area (Å²) in [6, 6.07) is 3.60. The van der Waals surface area contributed by atoms with Gasteiger partial charge in [-0.25, -0.2) is 8.42 Å². The number of carboxylic acid groups (broad SMARTS) is 1. The van der Waals surface area contributed by atoms with Crippen molar-refractivity contribution in [2.24, 2.45) is 0 Å². The smallest absolute Gasteiger partial charge is 0.322 e. The maximum Gasteiger partial charge on any atom is 0.322 e. The third kappa shape index (κ3) is 3.25. The lowest BCUT2D eigenvalue weighted by Gasteiger charge is -2.21. The highest BCUT2D eigenvalue weighted by atomic mass is 35.5. The third-order valence-corrected chi connectivity index (χ3v) is 5.77. The lowest BCUT2D eigenvalue weighted by atomic mass is 10.2. The first kappa shape index (κ1) is 15.6. The Kier molecular flexibility index (Phi) is 4.59. The molecule has 110 valence electrons. The highest BCUT2D eigenvalue weighted by molar-refractivity contribution is 7.88. The molecular formula is C12H13Cl2NO4S. The molecule has 5 nitrogen and oxygen atoms in total. The van der Waals surface area contributed by atoms with E-state index in [-0.39, 0.29) is 17.3 Å². The first-order valence-electron chi connectivity index (χ1n) is 5.97. The van der Waals surface area contributed by atoms with Gasteiger partial charge in [-0.2, -0.15) is 4.31 Å². The Morgan fingerprint density at radius 1 is 1.35 bits per heavy atom. The zero-order valence-corrected chi connectivity index (χ0v) is 12.7. The van der Waals surface area contributed by atoms with Gasteiger partial charge in [-0.15, -0.1) is 0 Å². The van der Waals surface area contributed by atoms with Gasteiger partial charge in [0.25, 0.3) is 0 Å². The topological polar surface area (TPSA) is 74.7 Å². The van der Waals surface area contributed by atoms with Crippen molar-refractivity contribution in [2.45, 2.75) is 24.6 Å². The first-order chi connectivity index (χ1) is 9.31. The molecule has 0 amide bonds. The average Bonchev–Trinajstić information content (AvgIpc) is 2.83. The quantitative estimate of drug-likeness (QED) is 0.915. The number of aliphatic carboxylic acids is 1. The summed E-state index contributed by atoms with van der Waals surface area (Å²) in [6.07, 6.45) is 0.896. The SMILES string of the molecule is O=C(O)[C@@H]1CCCN1S(=O)(=O)Cc1ccc(Cl)c(Cl)c1. The minimum Gasteiger partial charge on any atom is -0.480 e. The van der Waals surface area contributed by atoms with E-state index in [9.17, 15) is 13.2 Å². The Balaban J connectivity index is 2.22. The summed E-state index contributed by atoms with van der Waals surface area (Å²) in [4.78, 5) is 11.1. The predicted octanol–water partition coefficient (Wildman–Crippen LogP) is 2.37. The van der Waals surface area contributed by atoms with Gasteiger partial charge in [0, 0.05) is 6.54 Å². The molecule has 1 fully saturated rings. The van der Waals surface area contributed by atoms with Gasteiger partial charge in [-0.05, 0) is 30.5 Å². The molecule has 0 aliphatic carbocycles. The van der Waals surface area contributed by atoms with Gasteiger partial charge in [0.15, 0.2) is 0 Å². The van der Waals surface area contributed by atoms with Crippen LogP contribution in [0, 0.1) is 0 Å². The van der Waals surface area contributed by atoms with Gasteiger partial charge in [0.1, 0.15) is 6.04 Å². The van der Waals surface area contributed by atoms with E-state index in [4.69, 9.17) is 28.3 Å². The molecule has 1 heterocycles. The molecule has 1 aliphatic heterocycles. The summed E-state index contributed by atoms with van der Waals surface area (Å²) in [5.41, 5.74) is 0.482. The van der Waals surface area contributed by atoms with Crippen molar-refractivity contribution >= 4 is 39.2 Å². The van der Waals surface area contributed by atoms with Crippen LogP contribution in [0.15, 0.2) is 18.2 Å². The second kappa shape index (κ2) is 5.89. The molecule has 2 rings (SSSR count). The Bertz CT molecular complexity index is 632. The van der Waals surface area contributed by atoms with E-state index in [0.717, 1.165) is 4.31 Å². The standard InChI is InChI=1S/C12H13Cl2NO4S/c13-9-4-3-8(6-10(9)14)7-20(18,19)15-5-1-2-11(15)12(16)17/h3-4,6,11H,1-2,5,7H2,(H,16,17)/t11-/m0/s1. The third-order valence-electron chi connectivity index (χ3n) is 3.18. The van der Waals surface area contributed by atoms with Crippen LogP contribution in [0.1, 0.15) is 18.4 Å². The fourth-order valence-electron chi connectivity index (χ4n) is 2.24. The molecule has 0 spiro atoms. The van der Waals surface area contributed by atoms with Crippen LogP contribution in [-0.4, -0.2) is 36.4 Å². The van der Waals surface area contributed by atoms with Crippen LogP contribution in [0.2, 0.25) is 10.0 Å². The molecular weight excluding hydrogens is 325 g/mol. The molecule has 0 bridgehead atoms. The Morgan fingerprint density at radius 2 is 2.05 bits per heavy atom. The molecule has 1 N–H and O–H groups in total. The Labute approximate surface area is 127 Å². The molecule has 1 aromatic carbocycles. The molecule has 8 heteroatoms. The summed E-state index contributed by atoms with van der Waals surface area (Å²) in [7, 11) is -3.69. The summed E-state index contributed by atoms with van der Waals surface area (Å²) >= 11 is 11.6. The van der Waals surface area contributed by atoms with Crippen LogP contribution >= 0.6 is 23.2 Å². The van der Waals surface area contributed by atoms with E-state index in [1.54, 1.807) is 6.07 Å². The monoisotopic (exact) mass is 337 g/mol. The summed E-state index contributed by atoms with van der Waals surface area (Å²) in [6.45, 7) is 0.237. The number of hydrogen-bond acceptors (Lipinski definition) is 3. The van der Waals surface area contributed by atoms with Crippen LogP contribution < -0.4 is 0 Å². The lowest BCUT2D eigenvalue weighted by molar-refractivity contribution is -0.140. The zero-order chi connectivity index (χ0) is 14.9. The van der Waals surface area contributed by atoms with E-state index in [1.807, 2.05) is 0 Å².